The number of ether oxygens (including phenoxy) is 1. The Bertz CT molecular complexity index is 960. The van der Waals surface area contributed by atoms with Crippen molar-refractivity contribution in [1.82, 2.24) is 0 Å². The standard InChI is InChI=1S/C22H15BrClNO/c23-21-13-17(12-19(14-25)18-7-9-20(24)10-8-18)6-11-22(21)26-15-16-4-2-1-3-5-16/h1-13H,15H2/b19-12-. The SMILES string of the molecule is N#C/C(=C/c1ccc(OCc2ccccc2)c(Br)c1)c1ccc(Cl)cc1. The van der Waals surface area contributed by atoms with E-state index in [1.54, 1.807) is 12.1 Å². The summed E-state index contributed by atoms with van der Waals surface area (Å²) < 4.78 is 6.70. The van der Waals surface area contributed by atoms with E-state index >= 15 is 0 Å². The molecule has 0 heterocycles. The van der Waals surface area contributed by atoms with Gasteiger partial charge >= 0.3 is 0 Å². The van der Waals surface area contributed by atoms with E-state index in [1.165, 1.54) is 0 Å². The summed E-state index contributed by atoms with van der Waals surface area (Å²) in [6.07, 6.45) is 1.84. The van der Waals surface area contributed by atoms with E-state index in [1.807, 2.05) is 66.7 Å². The molecular formula is C22H15BrClNO. The Morgan fingerprint density at radius 3 is 2.42 bits per heavy atom. The normalized spacial score (nSPS) is 11.0. The van der Waals surface area contributed by atoms with Crippen LogP contribution in [0.3, 0.4) is 0 Å². The van der Waals surface area contributed by atoms with Gasteiger partial charge in [0.05, 0.1) is 16.1 Å². The Balaban J connectivity index is 1.78. The monoisotopic (exact) mass is 423 g/mol. The smallest absolute Gasteiger partial charge is 0.134 e. The van der Waals surface area contributed by atoms with Gasteiger partial charge in [0.2, 0.25) is 0 Å². The first-order valence-corrected chi connectivity index (χ1v) is 9.17. The molecule has 0 unspecified atom stereocenters. The maximum absolute atomic E-state index is 9.46. The molecule has 0 N–H and O–H groups in total. The Morgan fingerprint density at radius 2 is 1.77 bits per heavy atom. The van der Waals surface area contributed by atoms with Crippen molar-refractivity contribution in [1.29, 1.82) is 5.26 Å². The van der Waals surface area contributed by atoms with Crippen LogP contribution < -0.4 is 4.74 Å². The molecule has 3 aromatic carbocycles. The van der Waals surface area contributed by atoms with Gasteiger partial charge in [-0.05, 0) is 63.0 Å². The third-order valence-corrected chi connectivity index (χ3v) is 4.65. The minimum absolute atomic E-state index is 0.503. The van der Waals surface area contributed by atoms with Gasteiger partial charge in [-0.1, -0.05) is 60.1 Å². The number of nitrogens with zero attached hydrogens (tertiary/aromatic N) is 1. The van der Waals surface area contributed by atoms with Crippen LogP contribution in [0.15, 0.2) is 77.3 Å². The van der Waals surface area contributed by atoms with Crippen molar-refractivity contribution in [2.75, 3.05) is 0 Å². The van der Waals surface area contributed by atoms with Crippen molar-refractivity contribution < 1.29 is 4.74 Å². The van der Waals surface area contributed by atoms with Crippen molar-refractivity contribution in [3.05, 3.63) is 99.0 Å². The van der Waals surface area contributed by atoms with Crippen LogP contribution in [0.5, 0.6) is 5.75 Å². The van der Waals surface area contributed by atoms with E-state index in [9.17, 15) is 5.26 Å². The minimum Gasteiger partial charge on any atom is -0.488 e. The molecule has 0 bridgehead atoms. The molecule has 0 spiro atoms. The molecule has 26 heavy (non-hydrogen) atoms. The zero-order valence-corrected chi connectivity index (χ0v) is 16.2. The first kappa shape index (κ1) is 18.3. The second-order valence-corrected chi connectivity index (χ2v) is 6.93. The van der Waals surface area contributed by atoms with Crippen molar-refractivity contribution in [3.8, 4) is 11.8 Å². The highest BCUT2D eigenvalue weighted by Gasteiger charge is 2.05. The number of halogens is 2. The van der Waals surface area contributed by atoms with Crippen LogP contribution in [-0.2, 0) is 6.61 Å². The van der Waals surface area contributed by atoms with E-state index in [4.69, 9.17) is 16.3 Å². The van der Waals surface area contributed by atoms with Crippen LogP contribution in [-0.4, -0.2) is 0 Å². The lowest BCUT2D eigenvalue weighted by atomic mass is 10.0. The first-order chi connectivity index (χ1) is 12.7. The van der Waals surface area contributed by atoms with Gasteiger partial charge in [0, 0.05) is 5.02 Å². The van der Waals surface area contributed by atoms with Gasteiger partial charge in [-0.25, -0.2) is 0 Å². The van der Waals surface area contributed by atoms with Crippen LogP contribution in [0.1, 0.15) is 16.7 Å². The summed E-state index contributed by atoms with van der Waals surface area (Å²) in [5, 5.41) is 10.1. The first-order valence-electron chi connectivity index (χ1n) is 8.00. The summed E-state index contributed by atoms with van der Waals surface area (Å²) in [7, 11) is 0. The molecule has 128 valence electrons. The second-order valence-electron chi connectivity index (χ2n) is 5.64. The van der Waals surface area contributed by atoms with Crippen LogP contribution in [0.25, 0.3) is 11.6 Å². The molecule has 4 heteroatoms. The summed E-state index contributed by atoms with van der Waals surface area (Å²) in [5.74, 6) is 0.760. The maximum Gasteiger partial charge on any atom is 0.134 e. The number of allylic oxidation sites excluding steroid dienone is 1. The molecule has 0 fully saturated rings. The van der Waals surface area contributed by atoms with E-state index < -0.39 is 0 Å². The van der Waals surface area contributed by atoms with E-state index in [0.717, 1.165) is 26.9 Å². The molecule has 0 atom stereocenters. The molecule has 0 aliphatic carbocycles. The fourth-order valence-corrected chi connectivity index (χ4v) is 3.07. The van der Waals surface area contributed by atoms with Gasteiger partial charge in [-0.15, -0.1) is 0 Å². The molecule has 0 aromatic heterocycles. The largest absolute Gasteiger partial charge is 0.488 e. The second kappa shape index (κ2) is 8.71. The Morgan fingerprint density at radius 1 is 1.04 bits per heavy atom. The van der Waals surface area contributed by atoms with Crippen LogP contribution in [0.2, 0.25) is 5.02 Å². The maximum atomic E-state index is 9.46. The Labute approximate surface area is 166 Å². The third-order valence-electron chi connectivity index (χ3n) is 3.78. The number of benzene rings is 3. The predicted molar refractivity (Wildman–Crippen MR) is 110 cm³/mol. The third kappa shape index (κ3) is 4.76. The summed E-state index contributed by atoms with van der Waals surface area (Å²) in [4.78, 5) is 0. The molecule has 3 rings (SSSR count). The number of rotatable bonds is 5. The number of hydrogen-bond donors (Lipinski definition) is 0. The summed E-state index contributed by atoms with van der Waals surface area (Å²) in [6, 6.07) is 25.2. The molecule has 2 nitrogen and oxygen atoms in total. The zero-order valence-electron chi connectivity index (χ0n) is 13.8. The van der Waals surface area contributed by atoms with Crippen LogP contribution >= 0.6 is 27.5 Å². The minimum atomic E-state index is 0.503. The van der Waals surface area contributed by atoms with Gasteiger partial charge < -0.3 is 4.74 Å². The zero-order chi connectivity index (χ0) is 18.4. The summed E-state index contributed by atoms with van der Waals surface area (Å²) >= 11 is 9.45. The molecule has 0 radical (unpaired) electrons. The average molecular weight is 425 g/mol. The van der Waals surface area contributed by atoms with E-state index in [-0.39, 0.29) is 0 Å². The lowest BCUT2D eigenvalue weighted by molar-refractivity contribution is 0.304. The number of hydrogen-bond acceptors (Lipinski definition) is 2. The highest BCUT2D eigenvalue weighted by molar-refractivity contribution is 9.10. The fourth-order valence-electron chi connectivity index (χ4n) is 2.44. The van der Waals surface area contributed by atoms with Crippen LogP contribution in [0, 0.1) is 11.3 Å². The molecule has 0 amide bonds. The van der Waals surface area contributed by atoms with Crippen molar-refractivity contribution in [2.45, 2.75) is 6.61 Å². The summed E-state index contributed by atoms with van der Waals surface area (Å²) in [6.45, 7) is 0.503. The van der Waals surface area contributed by atoms with Gasteiger partial charge in [0.25, 0.3) is 0 Å². The molecule has 0 aliphatic rings. The highest BCUT2D eigenvalue weighted by atomic mass is 79.9. The van der Waals surface area contributed by atoms with Gasteiger partial charge in [-0.2, -0.15) is 5.26 Å². The van der Waals surface area contributed by atoms with Crippen molar-refractivity contribution >= 4 is 39.2 Å². The fraction of sp³-hybridized carbons (Fsp3) is 0.0455. The summed E-state index contributed by atoms with van der Waals surface area (Å²) in [5.41, 5.74) is 3.43. The van der Waals surface area contributed by atoms with Gasteiger partial charge in [-0.3, -0.25) is 0 Å². The molecular weight excluding hydrogens is 410 g/mol. The lowest BCUT2D eigenvalue weighted by Crippen LogP contribution is -1.95. The van der Waals surface area contributed by atoms with E-state index in [0.29, 0.717) is 17.2 Å². The Hall–Kier alpha value is -2.54. The van der Waals surface area contributed by atoms with Crippen molar-refractivity contribution in [3.63, 3.8) is 0 Å². The molecule has 0 saturated carbocycles. The quantitative estimate of drug-likeness (QED) is 0.335. The van der Waals surface area contributed by atoms with Crippen molar-refractivity contribution in [2.24, 2.45) is 0 Å². The highest BCUT2D eigenvalue weighted by Crippen LogP contribution is 2.29. The van der Waals surface area contributed by atoms with Crippen LogP contribution in [0.4, 0.5) is 0 Å². The topological polar surface area (TPSA) is 33.0 Å². The average Bonchev–Trinajstić information content (AvgIpc) is 2.67. The Kier molecular flexibility index (Phi) is 6.12. The van der Waals surface area contributed by atoms with Gasteiger partial charge in [0.15, 0.2) is 0 Å². The predicted octanol–water partition coefficient (Wildman–Crippen LogP) is 6.75. The molecule has 3 aromatic rings. The molecule has 0 saturated heterocycles. The lowest BCUT2D eigenvalue weighted by Gasteiger charge is -2.09. The van der Waals surface area contributed by atoms with E-state index in [2.05, 4.69) is 22.0 Å². The van der Waals surface area contributed by atoms with Gasteiger partial charge in [0.1, 0.15) is 12.4 Å². The molecule has 0 aliphatic heterocycles. The number of nitriles is 1.